The van der Waals surface area contributed by atoms with Gasteiger partial charge in [0.25, 0.3) is 5.91 Å². The average molecular weight is 288 g/mol. The summed E-state index contributed by atoms with van der Waals surface area (Å²) >= 11 is 0. The van der Waals surface area contributed by atoms with Crippen LogP contribution in [0.3, 0.4) is 0 Å². The van der Waals surface area contributed by atoms with Gasteiger partial charge in [-0.25, -0.2) is 0 Å². The highest BCUT2D eigenvalue weighted by atomic mass is 16.5. The minimum absolute atomic E-state index is 0.00371. The minimum atomic E-state index is -0.00371. The smallest absolute Gasteiger partial charge is 0.251 e. The molecular weight excluding hydrogens is 264 g/mol. The molecule has 0 spiro atoms. The second kappa shape index (κ2) is 6.94. The molecule has 114 valence electrons. The van der Waals surface area contributed by atoms with Crippen molar-refractivity contribution in [1.82, 2.24) is 10.6 Å². The van der Waals surface area contributed by atoms with Crippen LogP contribution in [0.15, 0.2) is 24.3 Å². The van der Waals surface area contributed by atoms with Crippen LogP contribution in [0, 0.1) is 5.92 Å². The molecule has 2 N–H and O–H groups in total. The van der Waals surface area contributed by atoms with Crippen molar-refractivity contribution in [2.45, 2.75) is 38.2 Å². The first kappa shape index (κ1) is 14.4. The topological polar surface area (TPSA) is 50.4 Å². The third kappa shape index (κ3) is 3.97. The Hall–Kier alpha value is -1.55. The monoisotopic (exact) mass is 288 g/mol. The molecular formula is C17H24N2O2. The molecule has 2 aliphatic rings. The maximum absolute atomic E-state index is 12.1. The molecule has 1 aliphatic heterocycles. The third-order valence-corrected chi connectivity index (χ3v) is 4.37. The SMILES string of the molecule is O=C(NCC1CNC1)c1cccc(OC2CCCCC2)c1. The Labute approximate surface area is 126 Å². The predicted molar refractivity (Wildman–Crippen MR) is 82.6 cm³/mol. The lowest BCUT2D eigenvalue weighted by Crippen LogP contribution is -2.48. The Bertz CT molecular complexity index is 479. The van der Waals surface area contributed by atoms with Crippen molar-refractivity contribution in [3.8, 4) is 5.75 Å². The first-order valence-electron chi connectivity index (χ1n) is 8.07. The van der Waals surface area contributed by atoms with Crippen LogP contribution in [-0.2, 0) is 0 Å². The lowest BCUT2D eigenvalue weighted by Gasteiger charge is -2.27. The largest absolute Gasteiger partial charge is 0.490 e. The van der Waals surface area contributed by atoms with E-state index in [0.717, 1.165) is 38.2 Å². The van der Waals surface area contributed by atoms with E-state index in [9.17, 15) is 4.79 Å². The summed E-state index contributed by atoms with van der Waals surface area (Å²) in [6.45, 7) is 2.76. The van der Waals surface area contributed by atoms with Gasteiger partial charge in [-0.1, -0.05) is 12.5 Å². The van der Waals surface area contributed by atoms with E-state index in [1.165, 1.54) is 19.3 Å². The zero-order valence-electron chi connectivity index (χ0n) is 12.4. The van der Waals surface area contributed by atoms with Gasteiger partial charge in [0.1, 0.15) is 5.75 Å². The zero-order valence-corrected chi connectivity index (χ0v) is 12.4. The van der Waals surface area contributed by atoms with E-state index in [-0.39, 0.29) is 5.91 Å². The van der Waals surface area contributed by atoms with Crippen LogP contribution in [0.2, 0.25) is 0 Å². The summed E-state index contributed by atoms with van der Waals surface area (Å²) in [7, 11) is 0. The summed E-state index contributed by atoms with van der Waals surface area (Å²) in [5, 5.41) is 6.21. The standard InChI is InChI=1S/C17H24N2O2/c20-17(19-12-13-10-18-11-13)14-5-4-8-16(9-14)21-15-6-2-1-3-7-15/h4-5,8-9,13,15,18H,1-3,6-7,10-12H2,(H,19,20). The lowest BCUT2D eigenvalue weighted by molar-refractivity contribution is 0.0941. The van der Waals surface area contributed by atoms with Gasteiger partial charge in [0.05, 0.1) is 6.10 Å². The van der Waals surface area contributed by atoms with Gasteiger partial charge in [-0.05, 0) is 43.9 Å². The molecule has 0 radical (unpaired) electrons. The maximum Gasteiger partial charge on any atom is 0.251 e. The molecule has 0 atom stereocenters. The van der Waals surface area contributed by atoms with Crippen molar-refractivity contribution >= 4 is 5.91 Å². The van der Waals surface area contributed by atoms with E-state index in [1.54, 1.807) is 0 Å². The van der Waals surface area contributed by atoms with Crippen LogP contribution in [0.5, 0.6) is 5.75 Å². The molecule has 1 aliphatic carbocycles. The average Bonchev–Trinajstić information content (AvgIpc) is 2.47. The van der Waals surface area contributed by atoms with E-state index in [0.29, 0.717) is 17.6 Å². The van der Waals surface area contributed by atoms with E-state index >= 15 is 0 Å². The molecule has 2 fully saturated rings. The van der Waals surface area contributed by atoms with Crippen LogP contribution in [0.1, 0.15) is 42.5 Å². The van der Waals surface area contributed by atoms with E-state index in [4.69, 9.17) is 4.74 Å². The molecule has 4 nitrogen and oxygen atoms in total. The zero-order chi connectivity index (χ0) is 14.5. The summed E-state index contributed by atoms with van der Waals surface area (Å²) < 4.78 is 6.01. The normalized spacial score (nSPS) is 19.8. The Balaban J connectivity index is 1.55. The molecule has 21 heavy (non-hydrogen) atoms. The number of nitrogens with one attached hydrogen (secondary N) is 2. The van der Waals surface area contributed by atoms with Crippen molar-refractivity contribution in [3.63, 3.8) is 0 Å². The summed E-state index contributed by atoms with van der Waals surface area (Å²) in [4.78, 5) is 12.1. The second-order valence-corrected chi connectivity index (χ2v) is 6.14. The quantitative estimate of drug-likeness (QED) is 0.874. The number of benzene rings is 1. The van der Waals surface area contributed by atoms with E-state index in [2.05, 4.69) is 10.6 Å². The molecule has 1 aromatic rings. The van der Waals surface area contributed by atoms with Crippen molar-refractivity contribution in [2.24, 2.45) is 5.92 Å². The first-order chi connectivity index (χ1) is 10.3. The summed E-state index contributed by atoms with van der Waals surface area (Å²) in [5.74, 6) is 1.39. The van der Waals surface area contributed by atoms with Crippen molar-refractivity contribution in [1.29, 1.82) is 0 Å². The molecule has 4 heteroatoms. The summed E-state index contributed by atoms with van der Waals surface area (Å²) in [5.41, 5.74) is 0.690. The van der Waals surface area contributed by atoms with E-state index in [1.807, 2.05) is 24.3 Å². The van der Waals surface area contributed by atoms with Gasteiger partial charge >= 0.3 is 0 Å². The van der Waals surface area contributed by atoms with Crippen LogP contribution in [-0.4, -0.2) is 31.6 Å². The summed E-state index contributed by atoms with van der Waals surface area (Å²) in [6.07, 6.45) is 6.40. The van der Waals surface area contributed by atoms with Gasteiger partial charge in [0, 0.05) is 31.1 Å². The second-order valence-electron chi connectivity index (χ2n) is 6.14. The predicted octanol–water partition coefficient (Wildman–Crippen LogP) is 2.35. The number of carbonyl (C=O) groups is 1. The van der Waals surface area contributed by atoms with Gasteiger partial charge in [-0.2, -0.15) is 0 Å². The van der Waals surface area contributed by atoms with Gasteiger partial charge in [0.15, 0.2) is 0 Å². The molecule has 3 rings (SSSR count). The van der Waals surface area contributed by atoms with Crippen molar-refractivity contribution in [2.75, 3.05) is 19.6 Å². The fourth-order valence-corrected chi connectivity index (χ4v) is 2.92. The lowest BCUT2D eigenvalue weighted by atomic mass is 9.98. The molecule has 1 heterocycles. The molecule has 1 amide bonds. The van der Waals surface area contributed by atoms with Crippen LogP contribution < -0.4 is 15.4 Å². The minimum Gasteiger partial charge on any atom is -0.490 e. The molecule has 1 aromatic carbocycles. The Morgan fingerprint density at radius 1 is 1.24 bits per heavy atom. The molecule has 1 saturated heterocycles. The Morgan fingerprint density at radius 2 is 2.05 bits per heavy atom. The Morgan fingerprint density at radius 3 is 2.76 bits per heavy atom. The number of amides is 1. The number of carbonyl (C=O) groups excluding carboxylic acids is 1. The van der Waals surface area contributed by atoms with Crippen LogP contribution >= 0.6 is 0 Å². The third-order valence-electron chi connectivity index (χ3n) is 4.37. The van der Waals surface area contributed by atoms with Crippen molar-refractivity contribution in [3.05, 3.63) is 29.8 Å². The fourth-order valence-electron chi connectivity index (χ4n) is 2.92. The summed E-state index contributed by atoms with van der Waals surface area (Å²) in [6, 6.07) is 7.56. The molecule has 1 saturated carbocycles. The van der Waals surface area contributed by atoms with Crippen LogP contribution in [0.4, 0.5) is 0 Å². The van der Waals surface area contributed by atoms with Gasteiger partial charge in [-0.15, -0.1) is 0 Å². The van der Waals surface area contributed by atoms with Gasteiger partial charge in [0.2, 0.25) is 0 Å². The molecule has 0 unspecified atom stereocenters. The van der Waals surface area contributed by atoms with Gasteiger partial charge < -0.3 is 15.4 Å². The maximum atomic E-state index is 12.1. The van der Waals surface area contributed by atoms with Crippen molar-refractivity contribution < 1.29 is 9.53 Å². The number of hydrogen-bond donors (Lipinski definition) is 2. The number of ether oxygens (including phenoxy) is 1. The highest BCUT2D eigenvalue weighted by molar-refractivity contribution is 5.94. The van der Waals surface area contributed by atoms with E-state index < -0.39 is 0 Å². The molecule has 0 aromatic heterocycles. The number of hydrogen-bond acceptors (Lipinski definition) is 3. The highest BCUT2D eigenvalue weighted by Crippen LogP contribution is 2.23. The highest BCUT2D eigenvalue weighted by Gasteiger charge is 2.18. The number of rotatable bonds is 5. The molecule has 0 bridgehead atoms. The fraction of sp³-hybridized carbons (Fsp3) is 0.588. The van der Waals surface area contributed by atoms with Crippen LogP contribution in [0.25, 0.3) is 0 Å². The first-order valence-corrected chi connectivity index (χ1v) is 8.07. The van der Waals surface area contributed by atoms with Gasteiger partial charge in [-0.3, -0.25) is 4.79 Å². The Kier molecular flexibility index (Phi) is 4.76.